The molecule has 1 aromatic heterocycles. The molecule has 0 bridgehead atoms. The molecule has 176 valence electrons. The Morgan fingerprint density at radius 2 is 1.94 bits per heavy atom. The van der Waals surface area contributed by atoms with Gasteiger partial charge >= 0.3 is 0 Å². The quantitative estimate of drug-likeness (QED) is 0.428. The predicted molar refractivity (Wildman–Crippen MR) is 137 cm³/mol. The Hall–Kier alpha value is -0.620. The second-order valence-electron chi connectivity index (χ2n) is 9.78. The zero-order valence-corrected chi connectivity index (χ0v) is 21.4. The van der Waals surface area contributed by atoms with Crippen LogP contribution in [0.5, 0.6) is 0 Å². The van der Waals surface area contributed by atoms with E-state index in [0.29, 0.717) is 22.8 Å². The highest BCUT2D eigenvalue weighted by molar-refractivity contribution is 7.08. The number of nitrogens with zero attached hydrogens (tertiary/aromatic N) is 2. The summed E-state index contributed by atoms with van der Waals surface area (Å²) in [6.45, 7) is 8.72. The topological polar surface area (TPSA) is 26.7 Å². The third-order valence-corrected chi connectivity index (χ3v) is 8.61. The predicted octanol–water partition coefficient (Wildman–Crippen LogP) is 6.53. The number of thiophene rings is 1. The van der Waals surface area contributed by atoms with Gasteiger partial charge in [0.2, 0.25) is 0 Å². The molecule has 1 aromatic carbocycles. The molecule has 0 amide bonds. The molecule has 0 radical (unpaired) electrons. The molecule has 3 nitrogen and oxygen atoms in total. The Morgan fingerprint density at radius 3 is 2.62 bits per heavy atom. The molecule has 3 heterocycles. The maximum atomic E-state index is 10.2. The van der Waals surface area contributed by atoms with Gasteiger partial charge in [-0.3, -0.25) is 4.90 Å². The summed E-state index contributed by atoms with van der Waals surface area (Å²) in [6.07, 6.45) is 5.34. The minimum atomic E-state index is -0.109. The van der Waals surface area contributed by atoms with E-state index >= 15 is 0 Å². The van der Waals surface area contributed by atoms with E-state index in [1.165, 1.54) is 31.5 Å². The van der Waals surface area contributed by atoms with E-state index in [-0.39, 0.29) is 6.10 Å². The van der Waals surface area contributed by atoms with Gasteiger partial charge in [-0.15, -0.1) is 0 Å². The Morgan fingerprint density at radius 1 is 1.12 bits per heavy atom. The molecule has 0 saturated carbocycles. The Labute approximate surface area is 207 Å². The first-order valence-electron chi connectivity index (χ1n) is 12.1. The van der Waals surface area contributed by atoms with E-state index in [4.69, 9.17) is 23.2 Å². The number of benzene rings is 1. The molecule has 6 heteroatoms. The molecule has 2 aromatic rings. The summed E-state index contributed by atoms with van der Waals surface area (Å²) in [4.78, 5) is 5.24. The van der Waals surface area contributed by atoms with Gasteiger partial charge in [0.15, 0.2) is 0 Å². The molecule has 0 spiro atoms. The minimum Gasteiger partial charge on any atom is -0.393 e. The van der Waals surface area contributed by atoms with Crippen LogP contribution in [-0.4, -0.2) is 53.7 Å². The number of halogens is 2. The highest BCUT2D eigenvalue weighted by atomic mass is 35.5. The molecule has 3 atom stereocenters. The minimum absolute atomic E-state index is 0.109. The molecule has 1 N–H and O–H groups in total. The second-order valence-corrected chi connectivity index (χ2v) is 11.4. The molecule has 2 unspecified atom stereocenters. The largest absolute Gasteiger partial charge is 0.393 e. The fourth-order valence-electron chi connectivity index (χ4n) is 5.60. The van der Waals surface area contributed by atoms with Crippen LogP contribution in [0.15, 0.2) is 35.0 Å². The average molecular weight is 496 g/mol. The van der Waals surface area contributed by atoms with Gasteiger partial charge in [-0.1, -0.05) is 42.6 Å². The van der Waals surface area contributed by atoms with Crippen LogP contribution >= 0.6 is 34.5 Å². The molecule has 2 saturated heterocycles. The summed E-state index contributed by atoms with van der Waals surface area (Å²) >= 11 is 14.4. The lowest BCUT2D eigenvalue weighted by Gasteiger charge is -2.35. The van der Waals surface area contributed by atoms with E-state index in [9.17, 15) is 5.11 Å². The van der Waals surface area contributed by atoms with Gasteiger partial charge in [0, 0.05) is 42.1 Å². The number of hydrogen-bond acceptors (Lipinski definition) is 4. The smallest absolute Gasteiger partial charge is 0.0542 e. The van der Waals surface area contributed by atoms with Gasteiger partial charge in [0.25, 0.3) is 0 Å². The Bertz CT molecular complexity index is 838. The lowest BCUT2D eigenvalue weighted by Crippen LogP contribution is -2.39. The molecule has 32 heavy (non-hydrogen) atoms. The fourth-order valence-corrected chi connectivity index (χ4v) is 6.79. The number of hydrogen-bond donors (Lipinski definition) is 1. The van der Waals surface area contributed by atoms with Crippen molar-refractivity contribution in [3.63, 3.8) is 0 Å². The number of aliphatic hydroxyl groups is 1. The lowest BCUT2D eigenvalue weighted by molar-refractivity contribution is 0.0951. The van der Waals surface area contributed by atoms with Crippen molar-refractivity contribution in [2.75, 3.05) is 32.7 Å². The summed E-state index contributed by atoms with van der Waals surface area (Å²) in [5, 5.41) is 16.2. The third-order valence-electron chi connectivity index (χ3n) is 7.32. The maximum absolute atomic E-state index is 10.2. The van der Waals surface area contributed by atoms with Crippen molar-refractivity contribution in [2.24, 2.45) is 11.8 Å². The van der Waals surface area contributed by atoms with E-state index in [1.807, 2.05) is 12.1 Å². The summed E-state index contributed by atoms with van der Waals surface area (Å²) < 4.78 is 0. The van der Waals surface area contributed by atoms with Crippen LogP contribution in [0.4, 0.5) is 0 Å². The monoisotopic (exact) mass is 494 g/mol. The van der Waals surface area contributed by atoms with Crippen molar-refractivity contribution in [1.82, 2.24) is 9.80 Å². The van der Waals surface area contributed by atoms with Crippen LogP contribution in [-0.2, 0) is 6.54 Å². The van der Waals surface area contributed by atoms with E-state index in [2.05, 4.69) is 39.6 Å². The van der Waals surface area contributed by atoms with Crippen LogP contribution in [0.25, 0.3) is 0 Å². The average Bonchev–Trinajstić information content (AvgIpc) is 3.42. The van der Waals surface area contributed by atoms with Crippen LogP contribution in [0.1, 0.15) is 56.1 Å². The number of rotatable bonds is 9. The first-order chi connectivity index (χ1) is 15.5. The molecule has 4 rings (SSSR count). The zero-order valence-electron chi connectivity index (χ0n) is 19.1. The van der Waals surface area contributed by atoms with Crippen molar-refractivity contribution in [3.05, 3.63) is 56.2 Å². The highest BCUT2D eigenvalue weighted by Gasteiger charge is 2.36. The third kappa shape index (κ3) is 6.49. The molecular weight excluding hydrogens is 459 g/mol. The van der Waals surface area contributed by atoms with E-state index < -0.39 is 0 Å². The first kappa shape index (κ1) is 24.5. The SMILES string of the molecule is CCCC(O)CC1CCN(CC2CN(Cc3ccc(Cl)cc3Cl)C[C@@H]2c2ccsc2)CC1. The lowest BCUT2D eigenvalue weighted by atomic mass is 9.87. The number of likely N-dealkylation sites (tertiary alicyclic amines) is 2. The Balaban J connectivity index is 1.35. The van der Waals surface area contributed by atoms with Crippen molar-refractivity contribution in [2.45, 2.75) is 57.6 Å². The van der Waals surface area contributed by atoms with Crippen molar-refractivity contribution >= 4 is 34.5 Å². The van der Waals surface area contributed by atoms with E-state index in [0.717, 1.165) is 56.0 Å². The van der Waals surface area contributed by atoms with Crippen LogP contribution < -0.4 is 0 Å². The standard InChI is InChI=1S/C26H36Cl2N2OS/c1-2-3-24(31)12-19-6-9-29(10-7-19)15-22-16-30(17-25(22)21-8-11-32-18-21)14-20-4-5-23(27)13-26(20)28/h4-5,8,11,13,18-19,22,24-25,31H,2-3,6-7,9-10,12,14-17H2,1H3/t22?,24?,25-/m1/s1. The van der Waals surface area contributed by atoms with Gasteiger partial charge in [-0.2, -0.15) is 11.3 Å². The maximum Gasteiger partial charge on any atom is 0.0542 e. The van der Waals surface area contributed by atoms with E-state index in [1.54, 1.807) is 11.3 Å². The summed E-state index contributed by atoms with van der Waals surface area (Å²) in [6, 6.07) is 8.16. The number of aliphatic hydroxyl groups excluding tert-OH is 1. The zero-order chi connectivity index (χ0) is 22.5. The fraction of sp³-hybridized carbons (Fsp3) is 0.615. The molecule has 2 aliphatic heterocycles. The van der Waals surface area contributed by atoms with Crippen LogP contribution in [0, 0.1) is 11.8 Å². The Kier molecular flexibility index (Phi) is 8.94. The van der Waals surface area contributed by atoms with Gasteiger partial charge in [0.1, 0.15) is 0 Å². The van der Waals surface area contributed by atoms with Gasteiger partial charge in [-0.25, -0.2) is 0 Å². The van der Waals surface area contributed by atoms with Crippen LogP contribution in [0.3, 0.4) is 0 Å². The second kappa shape index (κ2) is 11.7. The molecule has 2 fully saturated rings. The summed E-state index contributed by atoms with van der Waals surface area (Å²) in [5.41, 5.74) is 2.65. The molecular formula is C26H36Cl2N2OS. The highest BCUT2D eigenvalue weighted by Crippen LogP contribution is 2.37. The van der Waals surface area contributed by atoms with Crippen LogP contribution in [0.2, 0.25) is 10.0 Å². The summed E-state index contributed by atoms with van der Waals surface area (Å²) in [7, 11) is 0. The molecule has 0 aliphatic carbocycles. The van der Waals surface area contributed by atoms with Crippen molar-refractivity contribution in [3.8, 4) is 0 Å². The first-order valence-corrected chi connectivity index (χ1v) is 13.8. The van der Waals surface area contributed by atoms with Crippen molar-refractivity contribution < 1.29 is 5.11 Å². The molecule has 2 aliphatic rings. The number of piperidine rings is 1. The summed E-state index contributed by atoms with van der Waals surface area (Å²) in [5.74, 6) is 1.90. The van der Waals surface area contributed by atoms with Gasteiger partial charge < -0.3 is 10.0 Å². The normalized spacial score (nSPS) is 24.2. The van der Waals surface area contributed by atoms with Gasteiger partial charge in [0.05, 0.1) is 6.10 Å². The van der Waals surface area contributed by atoms with Gasteiger partial charge in [-0.05, 0) is 90.7 Å². The van der Waals surface area contributed by atoms with Crippen molar-refractivity contribution in [1.29, 1.82) is 0 Å².